The zero-order valence-corrected chi connectivity index (χ0v) is 8.43. The molecule has 1 N–H and O–H groups in total. The Morgan fingerprint density at radius 3 is 2.77 bits per heavy atom. The highest BCUT2D eigenvalue weighted by Gasteiger charge is 2.21. The highest BCUT2D eigenvalue weighted by Crippen LogP contribution is 2.30. The lowest BCUT2D eigenvalue weighted by Crippen LogP contribution is -2.17. The van der Waals surface area contributed by atoms with Crippen LogP contribution in [0.25, 0.3) is 0 Å². The summed E-state index contributed by atoms with van der Waals surface area (Å²) in [5.74, 6) is 0.975. The minimum absolute atomic E-state index is 0.554. The van der Waals surface area contributed by atoms with E-state index >= 15 is 0 Å². The molecule has 0 spiro atoms. The van der Waals surface area contributed by atoms with Crippen molar-refractivity contribution in [1.29, 1.82) is 0 Å². The molecule has 1 heterocycles. The molecule has 0 amide bonds. The van der Waals surface area contributed by atoms with Gasteiger partial charge >= 0.3 is 0 Å². The van der Waals surface area contributed by atoms with Crippen molar-refractivity contribution in [3.05, 3.63) is 0 Å². The number of nitrogens with one attached hydrogen (secondary N) is 1. The molecule has 1 unspecified atom stereocenters. The molecular formula is C11H21NO. The molecule has 2 nitrogen and oxygen atoms in total. The van der Waals surface area contributed by atoms with Gasteiger partial charge in [0.15, 0.2) is 0 Å². The highest BCUT2D eigenvalue weighted by atomic mass is 16.5. The largest absolute Gasteiger partial charge is 0.377 e. The molecule has 1 aliphatic carbocycles. The minimum atomic E-state index is 0.554. The van der Waals surface area contributed by atoms with Gasteiger partial charge in [-0.15, -0.1) is 0 Å². The van der Waals surface area contributed by atoms with Gasteiger partial charge in [0.05, 0.1) is 12.7 Å². The lowest BCUT2D eigenvalue weighted by atomic mass is 9.98. The first-order valence-corrected chi connectivity index (χ1v) is 5.77. The minimum Gasteiger partial charge on any atom is -0.377 e. The maximum Gasteiger partial charge on any atom is 0.0594 e. The fraction of sp³-hybridized carbons (Fsp3) is 1.00. The van der Waals surface area contributed by atoms with E-state index in [4.69, 9.17) is 4.74 Å². The third-order valence-corrected chi connectivity index (χ3v) is 3.35. The van der Waals surface area contributed by atoms with Gasteiger partial charge in [-0.3, -0.25) is 0 Å². The van der Waals surface area contributed by atoms with Gasteiger partial charge in [-0.1, -0.05) is 25.7 Å². The van der Waals surface area contributed by atoms with Crippen LogP contribution in [0.15, 0.2) is 0 Å². The van der Waals surface area contributed by atoms with E-state index in [-0.39, 0.29) is 0 Å². The summed E-state index contributed by atoms with van der Waals surface area (Å²) in [5, 5.41) is 3.38. The second-order valence-electron chi connectivity index (χ2n) is 4.42. The molecule has 2 rings (SSSR count). The van der Waals surface area contributed by atoms with Crippen molar-refractivity contribution in [2.24, 2.45) is 5.92 Å². The first-order valence-electron chi connectivity index (χ1n) is 5.77. The van der Waals surface area contributed by atoms with Crippen molar-refractivity contribution in [1.82, 2.24) is 5.32 Å². The third-order valence-electron chi connectivity index (χ3n) is 3.35. The van der Waals surface area contributed by atoms with E-state index < -0.39 is 0 Å². The number of hydrogen-bond acceptors (Lipinski definition) is 2. The molecule has 2 aliphatic rings. The number of rotatable bonds is 2. The zero-order valence-electron chi connectivity index (χ0n) is 8.43. The summed E-state index contributed by atoms with van der Waals surface area (Å²) in [6.45, 7) is 3.11. The SMILES string of the molecule is C1CCC(CC2CCNCCO2)C1. The monoisotopic (exact) mass is 183 g/mol. The summed E-state index contributed by atoms with van der Waals surface area (Å²) in [7, 11) is 0. The van der Waals surface area contributed by atoms with Gasteiger partial charge in [-0.05, 0) is 25.3 Å². The van der Waals surface area contributed by atoms with E-state index in [1.54, 1.807) is 0 Å². The van der Waals surface area contributed by atoms with Crippen molar-refractivity contribution in [3.63, 3.8) is 0 Å². The van der Waals surface area contributed by atoms with Crippen LogP contribution in [-0.4, -0.2) is 25.8 Å². The summed E-state index contributed by atoms with van der Waals surface area (Å²) in [6.07, 6.45) is 8.91. The lowest BCUT2D eigenvalue weighted by Gasteiger charge is -2.18. The molecule has 1 aliphatic heterocycles. The topological polar surface area (TPSA) is 21.3 Å². The van der Waals surface area contributed by atoms with Gasteiger partial charge < -0.3 is 10.1 Å². The molecule has 2 heteroatoms. The third kappa shape index (κ3) is 2.96. The zero-order chi connectivity index (χ0) is 8.93. The predicted molar refractivity (Wildman–Crippen MR) is 53.8 cm³/mol. The van der Waals surface area contributed by atoms with Crippen molar-refractivity contribution in [2.45, 2.75) is 44.6 Å². The van der Waals surface area contributed by atoms with Crippen LogP contribution in [0.1, 0.15) is 38.5 Å². The maximum atomic E-state index is 5.80. The number of hydrogen-bond donors (Lipinski definition) is 1. The highest BCUT2D eigenvalue weighted by molar-refractivity contribution is 4.73. The van der Waals surface area contributed by atoms with E-state index in [2.05, 4.69) is 5.32 Å². The fourth-order valence-electron chi connectivity index (χ4n) is 2.57. The second-order valence-corrected chi connectivity index (χ2v) is 4.42. The van der Waals surface area contributed by atoms with Crippen LogP contribution in [0.3, 0.4) is 0 Å². The Bertz CT molecular complexity index is 135. The van der Waals surface area contributed by atoms with E-state index in [9.17, 15) is 0 Å². The van der Waals surface area contributed by atoms with Crippen molar-refractivity contribution in [2.75, 3.05) is 19.7 Å². The molecule has 2 fully saturated rings. The second kappa shape index (κ2) is 4.97. The standard InChI is InChI=1S/C11H21NO/c1-2-4-10(3-1)9-11-5-6-12-7-8-13-11/h10-12H,1-9H2. The normalized spacial score (nSPS) is 31.8. The van der Waals surface area contributed by atoms with Crippen molar-refractivity contribution in [3.8, 4) is 0 Å². The summed E-state index contributed by atoms with van der Waals surface area (Å²) in [6, 6.07) is 0. The molecule has 0 aromatic rings. The van der Waals surface area contributed by atoms with Crippen LogP contribution in [0.2, 0.25) is 0 Å². The van der Waals surface area contributed by atoms with Crippen LogP contribution >= 0.6 is 0 Å². The quantitative estimate of drug-likeness (QED) is 0.706. The molecule has 0 radical (unpaired) electrons. The van der Waals surface area contributed by atoms with Gasteiger partial charge in [-0.25, -0.2) is 0 Å². The average Bonchev–Trinajstić information content (AvgIpc) is 2.49. The summed E-state index contributed by atoms with van der Waals surface area (Å²) in [4.78, 5) is 0. The Morgan fingerprint density at radius 2 is 1.92 bits per heavy atom. The van der Waals surface area contributed by atoms with Gasteiger partial charge in [-0.2, -0.15) is 0 Å². The Balaban J connectivity index is 1.71. The lowest BCUT2D eigenvalue weighted by molar-refractivity contribution is 0.0471. The Hall–Kier alpha value is -0.0800. The first-order chi connectivity index (χ1) is 6.45. The van der Waals surface area contributed by atoms with Crippen LogP contribution in [0, 0.1) is 5.92 Å². The van der Waals surface area contributed by atoms with Crippen LogP contribution in [-0.2, 0) is 4.74 Å². The van der Waals surface area contributed by atoms with E-state index in [1.165, 1.54) is 38.5 Å². The maximum absolute atomic E-state index is 5.80. The molecule has 1 atom stereocenters. The Kier molecular flexibility index (Phi) is 3.62. The number of ether oxygens (including phenoxy) is 1. The molecule has 0 aromatic carbocycles. The van der Waals surface area contributed by atoms with E-state index in [1.807, 2.05) is 0 Å². The van der Waals surface area contributed by atoms with Gasteiger partial charge in [0, 0.05) is 6.54 Å². The molecule has 0 aromatic heterocycles. The molecule has 1 saturated heterocycles. The summed E-state index contributed by atoms with van der Waals surface area (Å²) < 4.78 is 5.80. The molecule has 0 bridgehead atoms. The Morgan fingerprint density at radius 1 is 1.08 bits per heavy atom. The van der Waals surface area contributed by atoms with Crippen LogP contribution < -0.4 is 5.32 Å². The smallest absolute Gasteiger partial charge is 0.0594 e. The van der Waals surface area contributed by atoms with Crippen LogP contribution in [0.5, 0.6) is 0 Å². The van der Waals surface area contributed by atoms with Crippen molar-refractivity contribution >= 4 is 0 Å². The predicted octanol–water partition coefficient (Wildman–Crippen LogP) is 1.95. The fourth-order valence-corrected chi connectivity index (χ4v) is 2.57. The first kappa shape index (κ1) is 9.47. The van der Waals surface area contributed by atoms with Crippen LogP contribution in [0.4, 0.5) is 0 Å². The van der Waals surface area contributed by atoms with Gasteiger partial charge in [0.1, 0.15) is 0 Å². The average molecular weight is 183 g/mol. The van der Waals surface area contributed by atoms with E-state index in [0.717, 1.165) is 25.6 Å². The Labute approximate surface area is 81.0 Å². The molecule has 1 saturated carbocycles. The summed E-state index contributed by atoms with van der Waals surface area (Å²) in [5.41, 5.74) is 0. The summed E-state index contributed by atoms with van der Waals surface area (Å²) >= 11 is 0. The molecular weight excluding hydrogens is 162 g/mol. The van der Waals surface area contributed by atoms with E-state index in [0.29, 0.717) is 6.10 Å². The molecule has 13 heavy (non-hydrogen) atoms. The van der Waals surface area contributed by atoms with Crippen molar-refractivity contribution < 1.29 is 4.74 Å². The van der Waals surface area contributed by atoms with Gasteiger partial charge in [0.2, 0.25) is 0 Å². The molecule has 76 valence electrons. The van der Waals surface area contributed by atoms with Gasteiger partial charge in [0.25, 0.3) is 0 Å².